The summed E-state index contributed by atoms with van der Waals surface area (Å²) in [6.07, 6.45) is 2.77. The summed E-state index contributed by atoms with van der Waals surface area (Å²) in [5.74, 6) is -0.927. The summed E-state index contributed by atoms with van der Waals surface area (Å²) < 4.78 is 2.15. The second-order valence-corrected chi connectivity index (χ2v) is 4.83. The van der Waals surface area contributed by atoms with Crippen LogP contribution < -0.4 is 0 Å². The molecule has 0 spiro atoms. The third-order valence-corrected chi connectivity index (χ3v) is 3.45. The molecule has 2 aromatic rings. The Morgan fingerprint density at radius 3 is 3.00 bits per heavy atom. The molecular formula is C11H7BrO2S. The second-order valence-electron chi connectivity index (χ2n) is 3.00. The van der Waals surface area contributed by atoms with Crippen LogP contribution in [0, 0.1) is 0 Å². The third-order valence-electron chi connectivity index (χ3n) is 1.97. The van der Waals surface area contributed by atoms with Crippen LogP contribution in [0.15, 0.2) is 34.1 Å². The molecule has 15 heavy (non-hydrogen) atoms. The molecule has 0 radical (unpaired) electrons. The van der Waals surface area contributed by atoms with Crippen molar-refractivity contribution in [3.63, 3.8) is 0 Å². The summed E-state index contributed by atoms with van der Waals surface area (Å²) in [4.78, 5) is 10.4. The van der Waals surface area contributed by atoms with Gasteiger partial charge in [0.25, 0.3) is 0 Å². The van der Waals surface area contributed by atoms with Crippen LogP contribution in [0.3, 0.4) is 0 Å². The van der Waals surface area contributed by atoms with E-state index in [2.05, 4.69) is 15.9 Å². The lowest BCUT2D eigenvalue weighted by molar-refractivity contribution is -0.131. The molecule has 1 N–H and O–H groups in total. The van der Waals surface area contributed by atoms with Gasteiger partial charge >= 0.3 is 5.97 Å². The van der Waals surface area contributed by atoms with Crippen molar-refractivity contribution >= 4 is 49.4 Å². The zero-order chi connectivity index (χ0) is 10.8. The molecule has 0 amide bonds. The van der Waals surface area contributed by atoms with Crippen LogP contribution in [-0.2, 0) is 4.79 Å². The highest BCUT2D eigenvalue weighted by molar-refractivity contribution is 9.10. The highest BCUT2D eigenvalue weighted by Gasteiger charge is 2.01. The van der Waals surface area contributed by atoms with Crippen LogP contribution in [0.4, 0.5) is 0 Å². The fraction of sp³-hybridized carbons (Fsp3) is 0. The van der Waals surface area contributed by atoms with Crippen molar-refractivity contribution < 1.29 is 9.90 Å². The standard InChI is InChI=1S/C11H7BrO2S/c12-8-2-3-10-9(5-8)7(6-15-10)1-4-11(13)14/h1-6H,(H,13,14)/b4-1-. The fourth-order valence-electron chi connectivity index (χ4n) is 1.31. The lowest BCUT2D eigenvalue weighted by atomic mass is 10.2. The maximum atomic E-state index is 10.4. The maximum Gasteiger partial charge on any atom is 0.328 e. The molecule has 1 heterocycles. The van der Waals surface area contributed by atoms with Gasteiger partial charge in [-0.15, -0.1) is 11.3 Å². The minimum absolute atomic E-state index is 0.927. The van der Waals surface area contributed by atoms with Crippen LogP contribution in [0.2, 0.25) is 0 Å². The monoisotopic (exact) mass is 282 g/mol. The van der Waals surface area contributed by atoms with Crippen LogP contribution in [0.25, 0.3) is 16.2 Å². The van der Waals surface area contributed by atoms with Crippen LogP contribution in [-0.4, -0.2) is 11.1 Å². The van der Waals surface area contributed by atoms with E-state index in [1.165, 1.54) is 0 Å². The number of carboxylic acids is 1. The van der Waals surface area contributed by atoms with Gasteiger partial charge in [0.15, 0.2) is 0 Å². The van der Waals surface area contributed by atoms with Gasteiger partial charge in [-0.25, -0.2) is 4.79 Å². The predicted octanol–water partition coefficient (Wildman–Crippen LogP) is 3.76. The molecule has 1 aromatic carbocycles. The Hall–Kier alpha value is -1.13. The molecule has 4 heteroatoms. The molecule has 2 rings (SSSR count). The normalized spacial score (nSPS) is 11.3. The smallest absolute Gasteiger partial charge is 0.328 e. The quantitative estimate of drug-likeness (QED) is 0.852. The second kappa shape index (κ2) is 4.16. The van der Waals surface area contributed by atoms with E-state index in [9.17, 15) is 4.79 Å². The first kappa shape index (κ1) is 10.4. The number of fused-ring (bicyclic) bond motifs is 1. The summed E-state index contributed by atoms with van der Waals surface area (Å²) in [7, 11) is 0. The van der Waals surface area contributed by atoms with Gasteiger partial charge in [-0.1, -0.05) is 15.9 Å². The number of halogens is 1. The molecule has 0 aliphatic rings. The summed E-state index contributed by atoms with van der Waals surface area (Å²) in [5, 5.41) is 11.6. The number of hydrogen-bond acceptors (Lipinski definition) is 2. The molecule has 1 aromatic heterocycles. The number of rotatable bonds is 2. The van der Waals surface area contributed by atoms with Gasteiger partial charge in [0.1, 0.15) is 0 Å². The van der Waals surface area contributed by atoms with Crippen molar-refractivity contribution in [2.24, 2.45) is 0 Å². The Balaban J connectivity index is 2.52. The fourth-order valence-corrected chi connectivity index (χ4v) is 2.58. The lowest BCUT2D eigenvalue weighted by Crippen LogP contribution is -1.84. The molecule has 0 bridgehead atoms. The van der Waals surface area contributed by atoms with Gasteiger partial charge in [0.05, 0.1) is 0 Å². The number of carbonyl (C=O) groups is 1. The van der Waals surface area contributed by atoms with E-state index in [0.29, 0.717) is 0 Å². The Morgan fingerprint density at radius 1 is 1.47 bits per heavy atom. The third kappa shape index (κ3) is 2.27. The molecule has 0 unspecified atom stereocenters. The van der Waals surface area contributed by atoms with Gasteiger partial charge in [0.2, 0.25) is 0 Å². The van der Waals surface area contributed by atoms with Gasteiger partial charge in [-0.2, -0.15) is 0 Å². The first-order valence-electron chi connectivity index (χ1n) is 4.24. The van der Waals surface area contributed by atoms with Crippen LogP contribution in [0.1, 0.15) is 5.56 Å². The first-order valence-corrected chi connectivity index (χ1v) is 5.92. The van der Waals surface area contributed by atoms with Crippen LogP contribution in [0.5, 0.6) is 0 Å². The molecule has 0 aliphatic heterocycles. The van der Waals surface area contributed by atoms with E-state index in [4.69, 9.17) is 5.11 Å². The van der Waals surface area contributed by atoms with E-state index in [1.807, 2.05) is 23.6 Å². The minimum Gasteiger partial charge on any atom is -0.478 e. The Morgan fingerprint density at radius 2 is 2.27 bits per heavy atom. The zero-order valence-corrected chi connectivity index (χ0v) is 10.0. The Kier molecular flexibility index (Phi) is 2.88. The summed E-state index contributed by atoms with van der Waals surface area (Å²) in [5.41, 5.74) is 0.943. The summed E-state index contributed by atoms with van der Waals surface area (Å²) in [6.45, 7) is 0. The van der Waals surface area contributed by atoms with Gasteiger partial charge in [0, 0.05) is 20.6 Å². The highest BCUT2D eigenvalue weighted by Crippen LogP contribution is 2.29. The summed E-state index contributed by atoms with van der Waals surface area (Å²) >= 11 is 5.00. The van der Waals surface area contributed by atoms with Gasteiger partial charge in [-0.3, -0.25) is 0 Å². The maximum absolute atomic E-state index is 10.4. The minimum atomic E-state index is -0.927. The summed E-state index contributed by atoms with van der Waals surface area (Å²) in [6, 6.07) is 5.99. The molecular weight excluding hydrogens is 276 g/mol. The average molecular weight is 283 g/mol. The molecule has 0 saturated carbocycles. The number of carboxylic acid groups (broad SMARTS) is 1. The molecule has 0 aliphatic carbocycles. The molecule has 0 atom stereocenters. The number of aliphatic carboxylic acids is 1. The molecule has 0 fully saturated rings. The molecule has 0 saturated heterocycles. The van der Waals surface area contributed by atoms with E-state index in [1.54, 1.807) is 17.4 Å². The van der Waals surface area contributed by atoms with E-state index < -0.39 is 5.97 Å². The largest absolute Gasteiger partial charge is 0.478 e. The van der Waals surface area contributed by atoms with Crippen molar-refractivity contribution in [1.82, 2.24) is 0 Å². The van der Waals surface area contributed by atoms with E-state index in [-0.39, 0.29) is 0 Å². The van der Waals surface area contributed by atoms with Crippen molar-refractivity contribution in [2.45, 2.75) is 0 Å². The topological polar surface area (TPSA) is 37.3 Å². The van der Waals surface area contributed by atoms with Gasteiger partial charge < -0.3 is 5.11 Å². The van der Waals surface area contributed by atoms with E-state index in [0.717, 1.165) is 26.2 Å². The van der Waals surface area contributed by atoms with Crippen molar-refractivity contribution in [3.8, 4) is 0 Å². The van der Waals surface area contributed by atoms with Crippen LogP contribution >= 0.6 is 27.3 Å². The van der Waals surface area contributed by atoms with Crippen molar-refractivity contribution in [1.29, 1.82) is 0 Å². The first-order chi connectivity index (χ1) is 7.16. The SMILES string of the molecule is O=C(O)/C=C\c1csc2ccc(Br)cc12. The average Bonchev–Trinajstić information content (AvgIpc) is 2.57. The van der Waals surface area contributed by atoms with Crippen molar-refractivity contribution in [3.05, 3.63) is 39.7 Å². The Bertz CT molecular complexity index is 543. The van der Waals surface area contributed by atoms with E-state index >= 15 is 0 Å². The highest BCUT2D eigenvalue weighted by atomic mass is 79.9. The predicted molar refractivity (Wildman–Crippen MR) is 66.2 cm³/mol. The Labute approximate surface area is 99.0 Å². The van der Waals surface area contributed by atoms with Gasteiger partial charge in [-0.05, 0) is 35.2 Å². The lowest BCUT2D eigenvalue weighted by Gasteiger charge is -1.93. The molecule has 2 nitrogen and oxygen atoms in total. The number of thiophene rings is 1. The molecule has 76 valence electrons. The number of hydrogen-bond donors (Lipinski definition) is 1. The van der Waals surface area contributed by atoms with Crippen molar-refractivity contribution in [2.75, 3.05) is 0 Å². The zero-order valence-electron chi connectivity index (χ0n) is 7.61. The number of benzene rings is 1.